The molecule has 0 aliphatic carbocycles. The van der Waals surface area contributed by atoms with Crippen LogP contribution in [0.5, 0.6) is 0 Å². The van der Waals surface area contributed by atoms with Gasteiger partial charge in [0.25, 0.3) is 5.69 Å². The van der Waals surface area contributed by atoms with Gasteiger partial charge in [0.1, 0.15) is 5.76 Å². The van der Waals surface area contributed by atoms with Crippen molar-refractivity contribution in [2.45, 2.75) is 39.0 Å². The van der Waals surface area contributed by atoms with Gasteiger partial charge in [-0.25, -0.2) is 0 Å². The highest BCUT2D eigenvalue weighted by atomic mass is 16.6. The topological polar surface area (TPSA) is 86.2 Å². The molecule has 2 aromatic rings. The highest BCUT2D eigenvalue weighted by Crippen LogP contribution is 2.16. The van der Waals surface area contributed by atoms with Gasteiger partial charge >= 0.3 is 0 Å². The Hall–Kier alpha value is -2.50. The minimum atomic E-state index is -0.501. The van der Waals surface area contributed by atoms with Crippen molar-refractivity contribution < 1.29 is 14.2 Å². The standard InChI is InChI=1S/C16H18N2O4/c1-2-3-4-5-6-14-11-15(17-22-14)16(19)12-7-9-13(10-8-12)18(20)21/h7-11H,2-6H2,1H3. The summed E-state index contributed by atoms with van der Waals surface area (Å²) in [6.07, 6.45) is 5.25. The van der Waals surface area contributed by atoms with E-state index in [1.807, 2.05) is 0 Å². The van der Waals surface area contributed by atoms with E-state index in [0.29, 0.717) is 11.3 Å². The fraction of sp³-hybridized carbons (Fsp3) is 0.375. The van der Waals surface area contributed by atoms with Gasteiger partial charge in [0.05, 0.1) is 4.92 Å². The molecule has 1 aromatic heterocycles. The fourth-order valence-corrected chi connectivity index (χ4v) is 2.15. The number of carbonyl (C=O) groups is 1. The molecule has 1 heterocycles. The van der Waals surface area contributed by atoms with Crippen LogP contribution >= 0.6 is 0 Å². The molecule has 0 amide bonds. The van der Waals surface area contributed by atoms with Crippen molar-refractivity contribution in [3.05, 3.63) is 57.5 Å². The number of carbonyl (C=O) groups excluding carboxylic acids is 1. The molecule has 0 spiro atoms. The molecule has 0 unspecified atom stereocenters. The lowest BCUT2D eigenvalue weighted by Crippen LogP contribution is -2.01. The third-order valence-corrected chi connectivity index (χ3v) is 3.41. The van der Waals surface area contributed by atoms with Crippen molar-refractivity contribution in [2.75, 3.05) is 0 Å². The second kappa shape index (κ2) is 7.49. The van der Waals surface area contributed by atoms with E-state index in [0.717, 1.165) is 19.3 Å². The first-order valence-electron chi connectivity index (χ1n) is 7.36. The van der Waals surface area contributed by atoms with Gasteiger partial charge in [0.2, 0.25) is 5.78 Å². The number of nitrogens with zero attached hydrogens (tertiary/aromatic N) is 2. The van der Waals surface area contributed by atoms with E-state index in [1.165, 1.54) is 37.1 Å². The average Bonchev–Trinajstić information content (AvgIpc) is 3.00. The average molecular weight is 302 g/mol. The molecule has 0 radical (unpaired) electrons. The summed E-state index contributed by atoms with van der Waals surface area (Å²) in [7, 11) is 0. The van der Waals surface area contributed by atoms with Crippen LogP contribution in [-0.2, 0) is 6.42 Å². The zero-order chi connectivity index (χ0) is 15.9. The largest absolute Gasteiger partial charge is 0.361 e. The zero-order valence-electron chi connectivity index (χ0n) is 12.4. The monoisotopic (exact) mass is 302 g/mol. The van der Waals surface area contributed by atoms with Gasteiger partial charge in [0.15, 0.2) is 5.69 Å². The van der Waals surface area contributed by atoms with Gasteiger partial charge in [-0.3, -0.25) is 14.9 Å². The molecule has 0 saturated heterocycles. The van der Waals surface area contributed by atoms with Gasteiger partial charge < -0.3 is 4.52 Å². The quantitative estimate of drug-likeness (QED) is 0.319. The van der Waals surface area contributed by atoms with Crippen molar-refractivity contribution in [2.24, 2.45) is 0 Å². The first-order valence-corrected chi connectivity index (χ1v) is 7.36. The molecule has 22 heavy (non-hydrogen) atoms. The van der Waals surface area contributed by atoms with Gasteiger partial charge in [-0.2, -0.15) is 0 Å². The van der Waals surface area contributed by atoms with Crippen LogP contribution in [0.15, 0.2) is 34.9 Å². The highest BCUT2D eigenvalue weighted by Gasteiger charge is 2.16. The van der Waals surface area contributed by atoms with E-state index in [2.05, 4.69) is 12.1 Å². The summed E-state index contributed by atoms with van der Waals surface area (Å²) in [5.74, 6) is 0.403. The van der Waals surface area contributed by atoms with Crippen LogP contribution in [0.3, 0.4) is 0 Å². The molecule has 0 aliphatic heterocycles. The van der Waals surface area contributed by atoms with E-state index in [4.69, 9.17) is 4.52 Å². The molecule has 2 rings (SSSR count). The highest BCUT2D eigenvalue weighted by molar-refractivity contribution is 6.07. The second-order valence-electron chi connectivity index (χ2n) is 5.12. The maximum atomic E-state index is 12.2. The third kappa shape index (κ3) is 4.00. The van der Waals surface area contributed by atoms with E-state index >= 15 is 0 Å². The first-order chi connectivity index (χ1) is 10.6. The van der Waals surface area contributed by atoms with Gasteiger partial charge in [-0.15, -0.1) is 0 Å². The van der Waals surface area contributed by atoms with Crippen LogP contribution in [0.4, 0.5) is 5.69 Å². The number of nitro benzene ring substituents is 1. The van der Waals surface area contributed by atoms with Crippen molar-refractivity contribution >= 4 is 11.5 Å². The predicted octanol–water partition coefficient (Wildman–Crippen LogP) is 3.94. The lowest BCUT2D eigenvalue weighted by atomic mass is 10.1. The molecule has 0 N–H and O–H groups in total. The Morgan fingerprint density at radius 3 is 2.59 bits per heavy atom. The minimum absolute atomic E-state index is 0.0479. The summed E-state index contributed by atoms with van der Waals surface area (Å²) in [5.41, 5.74) is 0.545. The van der Waals surface area contributed by atoms with E-state index in [-0.39, 0.29) is 17.2 Å². The Balaban J connectivity index is 2.00. The number of hydrogen-bond donors (Lipinski definition) is 0. The molecule has 0 bridgehead atoms. The summed E-state index contributed by atoms with van der Waals surface area (Å²) in [5, 5.41) is 14.4. The Morgan fingerprint density at radius 1 is 1.23 bits per heavy atom. The number of nitro groups is 1. The van der Waals surface area contributed by atoms with Crippen LogP contribution in [0.25, 0.3) is 0 Å². The molecule has 6 nitrogen and oxygen atoms in total. The van der Waals surface area contributed by atoms with Gasteiger partial charge in [0, 0.05) is 30.2 Å². The lowest BCUT2D eigenvalue weighted by molar-refractivity contribution is -0.384. The van der Waals surface area contributed by atoms with E-state index in [1.54, 1.807) is 6.07 Å². The number of non-ortho nitro benzene ring substituents is 1. The lowest BCUT2D eigenvalue weighted by Gasteiger charge is -1.96. The van der Waals surface area contributed by atoms with Crippen molar-refractivity contribution in [3.8, 4) is 0 Å². The fourth-order valence-electron chi connectivity index (χ4n) is 2.15. The van der Waals surface area contributed by atoms with Crippen LogP contribution in [0.2, 0.25) is 0 Å². The SMILES string of the molecule is CCCCCCc1cc(C(=O)c2ccc([N+](=O)[O-])cc2)no1. The minimum Gasteiger partial charge on any atom is -0.361 e. The summed E-state index contributed by atoms with van der Waals surface area (Å²) < 4.78 is 5.17. The summed E-state index contributed by atoms with van der Waals surface area (Å²) in [6, 6.07) is 7.11. The maximum absolute atomic E-state index is 12.2. The van der Waals surface area contributed by atoms with E-state index in [9.17, 15) is 14.9 Å². The zero-order valence-corrected chi connectivity index (χ0v) is 12.4. The maximum Gasteiger partial charge on any atom is 0.269 e. The Bertz CT molecular complexity index is 646. The summed E-state index contributed by atoms with van der Waals surface area (Å²) >= 11 is 0. The van der Waals surface area contributed by atoms with Crippen LogP contribution in [-0.4, -0.2) is 15.9 Å². The Labute approximate surface area is 128 Å². The Kier molecular flexibility index (Phi) is 5.41. The third-order valence-electron chi connectivity index (χ3n) is 3.41. The van der Waals surface area contributed by atoms with E-state index < -0.39 is 4.92 Å². The predicted molar refractivity (Wildman–Crippen MR) is 80.9 cm³/mol. The van der Waals surface area contributed by atoms with Crippen molar-refractivity contribution in [1.82, 2.24) is 5.16 Å². The summed E-state index contributed by atoms with van der Waals surface area (Å²) in [4.78, 5) is 22.3. The number of unbranched alkanes of at least 4 members (excludes halogenated alkanes) is 3. The molecular formula is C16H18N2O4. The Morgan fingerprint density at radius 2 is 1.95 bits per heavy atom. The number of aromatic nitrogens is 1. The molecule has 116 valence electrons. The smallest absolute Gasteiger partial charge is 0.269 e. The van der Waals surface area contributed by atoms with Crippen molar-refractivity contribution in [1.29, 1.82) is 0 Å². The number of rotatable bonds is 8. The molecule has 1 aromatic carbocycles. The first kappa shape index (κ1) is 15.9. The van der Waals surface area contributed by atoms with Crippen molar-refractivity contribution in [3.63, 3.8) is 0 Å². The van der Waals surface area contributed by atoms with Crippen LogP contribution < -0.4 is 0 Å². The molecule has 0 aliphatic rings. The number of hydrogen-bond acceptors (Lipinski definition) is 5. The molecule has 0 atom stereocenters. The number of aryl methyl sites for hydroxylation is 1. The molecule has 0 fully saturated rings. The van der Waals surface area contributed by atoms with Gasteiger partial charge in [-0.1, -0.05) is 31.3 Å². The second-order valence-corrected chi connectivity index (χ2v) is 5.12. The summed E-state index contributed by atoms with van der Waals surface area (Å²) in [6.45, 7) is 2.15. The number of benzene rings is 1. The van der Waals surface area contributed by atoms with Crippen LogP contribution in [0.1, 0.15) is 54.4 Å². The van der Waals surface area contributed by atoms with Gasteiger partial charge in [-0.05, 0) is 18.6 Å². The van der Waals surface area contributed by atoms with Crippen LogP contribution in [0, 0.1) is 10.1 Å². The molecule has 6 heteroatoms. The molecule has 0 saturated carbocycles. The normalized spacial score (nSPS) is 10.6. The molecular weight excluding hydrogens is 284 g/mol. The number of ketones is 1.